The topological polar surface area (TPSA) is 72.6 Å². The molecule has 0 aliphatic carbocycles. The average Bonchev–Trinajstić information content (AvgIpc) is 3.23. The van der Waals surface area contributed by atoms with Crippen LogP contribution in [0.1, 0.15) is 13.3 Å². The number of methoxy groups -OCH3 is 1. The fourth-order valence-electron chi connectivity index (χ4n) is 2.14. The minimum atomic E-state index is -0.842. The summed E-state index contributed by atoms with van der Waals surface area (Å²) in [5.41, 5.74) is 3.34. The van der Waals surface area contributed by atoms with Crippen LogP contribution in [0.25, 0.3) is 22.5 Å². The molecule has 3 rings (SSSR count). The molecule has 1 N–H and O–H groups in total. The second-order valence-corrected chi connectivity index (χ2v) is 6.06. The third kappa shape index (κ3) is 5.39. The van der Waals surface area contributed by atoms with Gasteiger partial charge >= 0.3 is 5.97 Å². The summed E-state index contributed by atoms with van der Waals surface area (Å²) in [6.45, 7) is 1.78. The molecule has 0 bridgehead atoms. The first-order chi connectivity index (χ1) is 12.5. The second kappa shape index (κ2) is 9.68. The molecular weight excluding hydrogens is 350 g/mol. The largest absolute Gasteiger partial charge is 0.497 e. The number of carboxylic acids is 1. The molecule has 0 saturated carbocycles. The number of thiol groups is 1. The van der Waals surface area contributed by atoms with Crippen molar-refractivity contribution in [3.05, 3.63) is 61.1 Å². The highest BCUT2D eigenvalue weighted by molar-refractivity contribution is 7.81. The number of carboxylic acid groups (broad SMARTS) is 1. The Hall–Kier alpha value is -2.73. The van der Waals surface area contributed by atoms with Crippen molar-refractivity contribution < 1.29 is 19.1 Å². The van der Waals surface area contributed by atoms with Gasteiger partial charge in [-0.2, -0.15) is 12.6 Å². The van der Waals surface area contributed by atoms with Crippen LogP contribution in [0.3, 0.4) is 0 Å². The van der Waals surface area contributed by atoms with E-state index in [1.54, 1.807) is 20.2 Å². The minimum absolute atomic E-state index is 0.486. The summed E-state index contributed by atoms with van der Waals surface area (Å²) in [6, 6.07) is 16.2. The van der Waals surface area contributed by atoms with Gasteiger partial charge in [-0.25, -0.2) is 4.98 Å². The zero-order chi connectivity index (χ0) is 18.9. The second-order valence-electron chi connectivity index (χ2n) is 5.43. The Morgan fingerprint density at radius 2 is 1.65 bits per heavy atom. The van der Waals surface area contributed by atoms with Crippen LogP contribution in [0.2, 0.25) is 0 Å². The number of rotatable bonds is 5. The van der Waals surface area contributed by atoms with Gasteiger partial charge in [0.05, 0.1) is 18.6 Å². The molecule has 1 atom stereocenters. The smallest absolute Gasteiger partial charge is 0.316 e. The van der Waals surface area contributed by atoms with Gasteiger partial charge in [0.1, 0.15) is 5.75 Å². The Labute approximate surface area is 158 Å². The van der Waals surface area contributed by atoms with Gasteiger partial charge in [0, 0.05) is 5.56 Å². The normalized spacial score (nSPS) is 11.2. The predicted octanol–water partition coefficient (Wildman–Crippen LogP) is 4.80. The first kappa shape index (κ1) is 19.6. The van der Waals surface area contributed by atoms with E-state index in [2.05, 4.69) is 29.7 Å². The van der Waals surface area contributed by atoms with E-state index in [1.165, 1.54) is 6.39 Å². The Morgan fingerprint density at radius 3 is 2.04 bits per heavy atom. The lowest BCUT2D eigenvalue weighted by atomic mass is 10.0. The Kier molecular flexibility index (Phi) is 7.29. The van der Waals surface area contributed by atoms with Gasteiger partial charge in [0.2, 0.25) is 0 Å². The van der Waals surface area contributed by atoms with Gasteiger partial charge in [-0.3, -0.25) is 4.79 Å². The molecule has 5 nitrogen and oxygen atoms in total. The maximum atomic E-state index is 9.85. The summed E-state index contributed by atoms with van der Waals surface area (Å²) >= 11 is 3.73. The molecule has 26 heavy (non-hydrogen) atoms. The monoisotopic (exact) mass is 371 g/mol. The number of oxazole rings is 1. The summed E-state index contributed by atoms with van der Waals surface area (Å²) in [4.78, 5) is 13.8. The number of hydrogen-bond acceptors (Lipinski definition) is 5. The van der Waals surface area contributed by atoms with E-state index >= 15 is 0 Å². The number of nitrogens with zero attached hydrogens (tertiary/aromatic N) is 1. The molecule has 1 unspecified atom stereocenters. The number of aliphatic carboxylic acids is 1. The predicted molar refractivity (Wildman–Crippen MR) is 105 cm³/mol. The fourth-order valence-corrected chi connectivity index (χ4v) is 2.14. The molecule has 6 heteroatoms. The Morgan fingerprint density at radius 1 is 1.12 bits per heavy atom. The van der Waals surface area contributed by atoms with Crippen molar-refractivity contribution >= 4 is 18.6 Å². The lowest BCUT2D eigenvalue weighted by Crippen LogP contribution is -2.10. The van der Waals surface area contributed by atoms with Crippen LogP contribution < -0.4 is 4.74 Å². The summed E-state index contributed by atoms with van der Waals surface area (Å²) in [5.74, 6) is 0.800. The van der Waals surface area contributed by atoms with Gasteiger partial charge in [0.15, 0.2) is 12.2 Å². The zero-order valence-corrected chi connectivity index (χ0v) is 15.5. The van der Waals surface area contributed by atoms with Crippen molar-refractivity contribution in [1.29, 1.82) is 0 Å². The lowest BCUT2D eigenvalue weighted by molar-refractivity contribution is -0.136. The molecule has 2 aromatic carbocycles. The van der Waals surface area contributed by atoms with E-state index in [1.807, 2.05) is 36.4 Å². The standard InChI is InChI=1S/C16H13NO2.C4H8O2S/c1-18-15-8-6-13(7-9-15)12-2-4-14(5-3-12)16-10-17-11-19-16;1-2-3(7)4(5)6/h2-11H,1H3;3,7H,2H2,1H3,(H,5,6). The third-order valence-corrected chi connectivity index (χ3v) is 4.28. The van der Waals surface area contributed by atoms with E-state index in [0.29, 0.717) is 6.42 Å². The summed E-state index contributed by atoms with van der Waals surface area (Å²) in [5, 5.41) is 7.62. The van der Waals surface area contributed by atoms with Crippen LogP contribution in [-0.2, 0) is 4.79 Å². The quantitative estimate of drug-likeness (QED) is 0.631. The number of hydrogen-bond donors (Lipinski definition) is 2. The van der Waals surface area contributed by atoms with Crippen LogP contribution in [0.5, 0.6) is 5.75 Å². The van der Waals surface area contributed by atoms with Crippen LogP contribution in [0.4, 0.5) is 0 Å². The summed E-state index contributed by atoms with van der Waals surface area (Å²) in [7, 11) is 1.67. The van der Waals surface area contributed by atoms with E-state index in [-0.39, 0.29) is 0 Å². The molecule has 0 aliphatic heterocycles. The molecule has 0 saturated heterocycles. The molecule has 3 aromatic rings. The van der Waals surface area contributed by atoms with Crippen molar-refractivity contribution in [2.24, 2.45) is 0 Å². The first-order valence-electron chi connectivity index (χ1n) is 8.09. The van der Waals surface area contributed by atoms with Crippen LogP contribution in [-0.4, -0.2) is 28.4 Å². The maximum absolute atomic E-state index is 9.85. The molecule has 0 fully saturated rings. The van der Waals surface area contributed by atoms with Crippen LogP contribution >= 0.6 is 12.6 Å². The van der Waals surface area contributed by atoms with Crippen molar-refractivity contribution in [3.8, 4) is 28.2 Å². The number of carbonyl (C=O) groups is 1. The molecule has 0 spiro atoms. The van der Waals surface area contributed by atoms with Crippen LogP contribution in [0, 0.1) is 0 Å². The molecule has 0 amide bonds. The van der Waals surface area contributed by atoms with Gasteiger partial charge in [-0.15, -0.1) is 0 Å². The number of ether oxygens (including phenoxy) is 1. The van der Waals surface area contributed by atoms with Crippen molar-refractivity contribution in [3.63, 3.8) is 0 Å². The van der Waals surface area contributed by atoms with Gasteiger partial charge in [-0.05, 0) is 29.7 Å². The minimum Gasteiger partial charge on any atom is -0.497 e. The SMILES string of the molecule is CCC(S)C(=O)O.COc1ccc(-c2ccc(-c3cnco3)cc2)cc1. The van der Waals surface area contributed by atoms with E-state index in [4.69, 9.17) is 14.3 Å². The first-order valence-corrected chi connectivity index (χ1v) is 8.61. The van der Waals surface area contributed by atoms with Gasteiger partial charge in [-0.1, -0.05) is 43.3 Å². The average molecular weight is 371 g/mol. The third-order valence-electron chi connectivity index (χ3n) is 3.70. The summed E-state index contributed by atoms with van der Waals surface area (Å²) in [6.07, 6.45) is 3.73. The van der Waals surface area contributed by atoms with Crippen molar-refractivity contribution in [2.45, 2.75) is 18.6 Å². The van der Waals surface area contributed by atoms with Crippen LogP contribution in [0.15, 0.2) is 65.5 Å². The molecule has 0 radical (unpaired) electrons. The Balaban J connectivity index is 0.000000298. The fraction of sp³-hybridized carbons (Fsp3) is 0.200. The van der Waals surface area contributed by atoms with Crippen molar-refractivity contribution in [1.82, 2.24) is 4.98 Å². The summed E-state index contributed by atoms with van der Waals surface area (Å²) < 4.78 is 10.4. The van der Waals surface area contributed by atoms with Crippen molar-refractivity contribution in [2.75, 3.05) is 7.11 Å². The highest BCUT2D eigenvalue weighted by atomic mass is 32.1. The number of aromatic nitrogens is 1. The highest BCUT2D eigenvalue weighted by Gasteiger charge is 2.06. The number of benzene rings is 2. The van der Waals surface area contributed by atoms with E-state index in [0.717, 1.165) is 28.2 Å². The van der Waals surface area contributed by atoms with E-state index < -0.39 is 11.2 Å². The zero-order valence-electron chi connectivity index (χ0n) is 14.6. The molecule has 1 heterocycles. The lowest BCUT2D eigenvalue weighted by Gasteiger charge is -2.04. The van der Waals surface area contributed by atoms with Gasteiger partial charge in [0.25, 0.3) is 0 Å². The Bertz CT molecular complexity index is 799. The van der Waals surface area contributed by atoms with E-state index in [9.17, 15) is 4.79 Å². The maximum Gasteiger partial charge on any atom is 0.316 e. The molecular formula is C20H21NO4S. The van der Waals surface area contributed by atoms with Gasteiger partial charge < -0.3 is 14.3 Å². The highest BCUT2D eigenvalue weighted by Crippen LogP contribution is 2.25. The molecule has 0 aliphatic rings. The molecule has 1 aromatic heterocycles. The molecule has 136 valence electrons.